The molecule has 0 bridgehead atoms. The smallest absolute Gasteiger partial charge is 0.163 e. The highest BCUT2D eigenvalue weighted by atomic mass is 35.5. The van der Waals surface area contributed by atoms with Crippen molar-refractivity contribution in [3.05, 3.63) is 41.6 Å². The molecule has 1 aromatic carbocycles. The van der Waals surface area contributed by atoms with Crippen molar-refractivity contribution in [1.82, 2.24) is 9.97 Å². The van der Waals surface area contributed by atoms with Crippen molar-refractivity contribution in [3.8, 4) is 11.4 Å². The molecule has 1 saturated carbocycles. The molecule has 1 aliphatic carbocycles. The molecule has 0 amide bonds. The van der Waals surface area contributed by atoms with Crippen LogP contribution in [0.25, 0.3) is 11.4 Å². The van der Waals surface area contributed by atoms with Crippen LogP contribution in [0.2, 0.25) is 5.15 Å². The van der Waals surface area contributed by atoms with E-state index in [1.807, 2.05) is 30.3 Å². The maximum absolute atomic E-state index is 6.13. The third kappa shape index (κ3) is 3.73. The van der Waals surface area contributed by atoms with Crippen molar-refractivity contribution in [2.45, 2.75) is 26.2 Å². The summed E-state index contributed by atoms with van der Waals surface area (Å²) in [5.74, 6) is 3.08. The molecular weight excluding hydrogens is 282 g/mol. The minimum Gasteiger partial charge on any atom is -0.370 e. The number of benzene rings is 1. The summed E-state index contributed by atoms with van der Waals surface area (Å²) in [6.45, 7) is 3.29. The van der Waals surface area contributed by atoms with Crippen LogP contribution in [0, 0.1) is 11.8 Å². The highest BCUT2D eigenvalue weighted by molar-refractivity contribution is 6.29. The summed E-state index contributed by atoms with van der Waals surface area (Å²) in [7, 11) is 0. The van der Waals surface area contributed by atoms with Crippen molar-refractivity contribution >= 4 is 17.4 Å². The Kier molecular flexibility index (Phi) is 4.39. The van der Waals surface area contributed by atoms with Crippen molar-refractivity contribution in [2.75, 3.05) is 11.9 Å². The van der Waals surface area contributed by atoms with Gasteiger partial charge in [-0.2, -0.15) is 0 Å². The Labute approximate surface area is 130 Å². The summed E-state index contributed by atoms with van der Waals surface area (Å²) in [5, 5.41) is 3.90. The Hall–Kier alpha value is -1.61. The van der Waals surface area contributed by atoms with Crippen LogP contribution < -0.4 is 5.32 Å². The Morgan fingerprint density at radius 3 is 2.71 bits per heavy atom. The maximum atomic E-state index is 6.13. The Balaban J connectivity index is 1.72. The molecule has 3 nitrogen and oxygen atoms in total. The molecule has 3 rings (SSSR count). The molecule has 21 heavy (non-hydrogen) atoms. The molecule has 0 radical (unpaired) electrons. The number of anilines is 1. The molecule has 0 spiro atoms. The van der Waals surface area contributed by atoms with E-state index in [0.29, 0.717) is 11.0 Å². The molecule has 2 aromatic rings. The molecule has 1 fully saturated rings. The Morgan fingerprint density at radius 1 is 1.19 bits per heavy atom. The molecule has 110 valence electrons. The van der Waals surface area contributed by atoms with Crippen molar-refractivity contribution < 1.29 is 0 Å². The predicted molar refractivity (Wildman–Crippen MR) is 87.5 cm³/mol. The van der Waals surface area contributed by atoms with Gasteiger partial charge in [-0.15, -0.1) is 0 Å². The molecule has 1 aromatic heterocycles. The van der Waals surface area contributed by atoms with Gasteiger partial charge in [-0.1, -0.05) is 55.3 Å². The van der Waals surface area contributed by atoms with Gasteiger partial charge in [-0.3, -0.25) is 0 Å². The molecule has 1 heterocycles. The number of hydrogen-bond acceptors (Lipinski definition) is 3. The van der Waals surface area contributed by atoms with Gasteiger partial charge in [0.1, 0.15) is 11.0 Å². The van der Waals surface area contributed by atoms with Gasteiger partial charge in [-0.25, -0.2) is 9.97 Å². The van der Waals surface area contributed by atoms with E-state index >= 15 is 0 Å². The third-order valence-corrected chi connectivity index (χ3v) is 4.30. The van der Waals surface area contributed by atoms with Crippen LogP contribution in [-0.4, -0.2) is 16.5 Å². The van der Waals surface area contributed by atoms with Gasteiger partial charge < -0.3 is 5.32 Å². The van der Waals surface area contributed by atoms with Crippen LogP contribution in [0.15, 0.2) is 36.4 Å². The maximum Gasteiger partial charge on any atom is 0.163 e. The van der Waals surface area contributed by atoms with Crippen LogP contribution in [-0.2, 0) is 0 Å². The van der Waals surface area contributed by atoms with Gasteiger partial charge in [0.25, 0.3) is 0 Å². The molecule has 1 N–H and O–H groups in total. The fraction of sp³-hybridized carbons (Fsp3) is 0.412. The van der Waals surface area contributed by atoms with E-state index in [-0.39, 0.29) is 0 Å². The summed E-state index contributed by atoms with van der Waals surface area (Å²) in [6, 6.07) is 11.7. The lowest BCUT2D eigenvalue weighted by atomic mass is 10.1. The van der Waals surface area contributed by atoms with Gasteiger partial charge in [0.15, 0.2) is 5.82 Å². The van der Waals surface area contributed by atoms with Crippen LogP contribution in [0.3, 0.4) is 0 Å². The van der Waals surface area contributed by atoms with Crippen LogP contribution in [0.4, 0.5) is 5.82 Å². The average Bonchev–Trinajstić information content (AvgIpc) is 2.91. The largest absolute Gasteiger partial charge is 0.370 e. The number of hydrogen-bond donors (Lipinski definition) is 1. The second-order valence-corrected chi connectivity index (χ2v) is 6.32. The lowest BCUT2D eigenvalue weighted by molar-refractivity contribution is 0.536. The number of halogens is 1. The van der Waals surface area contributed by atoms with Crippen LogP contribution in [0.1, 0.15) is 26.2 Å². The molecule has 0 saturated heterocycles. The van der Waals surface area contributed by atoms with Crippen LogP contribution in [0.5, 0.6) is 0 Å². The van der Waals surface area contributed by atoms with E-state index in [1.54, 1.807) is 6.07 Å². The molecule has 2 unspecified atom stereocenters. The fourth-order valence-electron chi connectivity index (χ4n) is 2.98. The zero-order valence-electron chi connectivity index (χ0n) is 12.2. The van der Waals surface area contributed by atoms with E-state index < -0.39 is 0 Å². The first-order chi connectivity index (χ1) is 10.2. The predicted octanol–water partition coefficient (Wildman–Crippen LogP) is 4.65. The fourth-order valence-corrected chi connectivity index (χ4v) is 3.17. The summed E-state index contributed by atoms with van der Waals surface area (Å²) in [4.78, 5) is 8.89. The van der Waals surface area contributed by atoms with Crippen molar-refractivity contribution in [1.29, 1.82) is 0 Å². The minimum absolute atomic E-state index is 0.478. The highest BCUT2D eigenvalue weighted by Gasteiger charge is 2.21. The van der Waals surface area contributed by atoms with E-state index in [1.165, 1.54) is 19.3 Å². The topological polar surface area (TPSA) is 37.8 Å². The third-order valence-electron chi connectivity index (χ3n) is 4.10. The van der Waals surface area contributed by atoms with Gasteiger partial charge in [0.05, 0.1) is 0 Å². The second kappa shape index (κ2) is 6.44. The summed E-state index contributed by atoms with van der Waals surface area (Å²) < 4.78 is 0. The lowest BCUT2D eigenvalue weighted by Gasteiger charge is -2.12. The molecule has 0 aliphatic heterocycles. The standard InChI is InChI=1S/C17H20ClN3/c1-12-7-8-13(9-12)11-19-16-10-15(18)20-17(21-16)14-5-3-2-4-6-14/h2-6,10,12-13H,7-9,11H2,1H3,(H,19,20,21). The first-order valence-corrected chi connectivity index (χ1v) is 7.92. The summed E-state index contributed by atoms with van der Waals surface area (Å²) in [6.07, 6.45) is 3.95. The SMILES string of the molecule is CC1CCC(CNc2cc(Cl)nc(-c3ccccc3)n2)C1. The number of aromatic nitrogens is 2. The van der Waals surface area contributed by atoms with Crippen molar-refractivity contribution in [3.63, 3.8) is 0 Å². The molecule has 1 aliphatic rings. The van der Waals surface area contributed by atoms with Gasteiger partial charge in [-0.05, 0) is 24.7 Å². The lowest BCUT2D eigenvalue weighted by Crippen LogP contribution is -2.12. The number of nitrogens with zero attached hydrogens (tertiary/aromatic N) is 2. The number of nitrogens with one attached hydrogen (secondary N) is 1. The zero-order valence-corrected chi connectivity index (χ0v) is 13.0. The van der Waals surface area contributed by atoms with E-state index in [4.69, 9.17) is 11.6 Å². The average molecular weight is 302 g/mol. The monoisotopic (exact) mass is 301 g/mol. The normalized spacial score (nSPS) is 21.4. The van der Waals surface area contributed by atoms with Gasteiger partial charge in [0.2, 0.25) is 0 Å². The molecule has 2 atom stereocenters. The van der Waals surface area contributed by atoms with E-state index in [9.17, 15) is 0 Å². The summed E-state index contributed by atoms with van der Waals surface area (Å²) in [5.41, 5.74) is 0.984. The van der Waals surface area contributed by atoms with E-state index in [0.717, 1.165) is 29.8 Å². The van der Waals surface area contributed by atoms with Gasteiger partial charge >= 0.3 is 0 Å². The zero-order chi connectivity index (χ0) is 14.7. The van der Waals surface area contributed by atoms with Gasteiger partial charge in [0, 0.05) is 18.2 Å². The van der Waals surface area contributed by atoms with Crippen LogP contribution >= 0.6 is 11.6 Å². The van der Waals surface area contributed by atoms with Crippen molar-refractivity contribution in [2.24, 2.45) is 11.8 Å². The van der Waals surface area contributed by atoms with E-state index in [2.05, 4.69) is 22.2 Å². The summed E-state index contributed by atoms with van der Waals surface area (Å²) >= 11 is 6.13. The first kappa shape index (κ1) is 14.3. The number of rotatable bonds is 4. The second-order valence-electron chi connectivity index (χ2n) is 5.93. The minimum atomic E-state index is 0.478. The molecular formula is C17H20ClN3. The molecule has 4 heteroatoms. The first-order valence-electron chi connectivity index (χ1n) is 7.54. The highest BCUT2D eigenvalue weighted by Crippen LogP contribution is 2.30. The Bertz CT molecular complexity index is 600. The Morgan fingerprint density at radius 2 is 2.00 bits per heavy atom. The quantitative estimate of drug-likeness (QED) is 0.836.